The van der Waals surface area contributed by atoms with Crippen LogP contribution in [0.4, 0.5) is 0 Å². The molecular weight excluding hydrogens is 420 g/mol. The molecule has 2 aliphatic rings. The van der Waals surface area contributed by atoms with E-state index in [1.807, 2.05) is 12.1 Å². The van der Waals surface area contributed by atoms with Crippen LogP contribution in [0.3, 0.4) is 0 Å². The number of hydrogen-bond acceptors (Lipinski definition) is 5. The first kappa shape index (κ1) is 23.0. The number of nitrogens with one attached hydrogen (secondary N) is 2. The maximum atomic E-state index is 13.2. The summed E-state index contributed by atoms with van der Waals surface area (Å²) in [5.74, 6) is 0.963. The molecule has 7 heteroatoms. The zero-order chi connectivity index (χ0) is 22.6. The van der Waals surface area contributed by atoms with Crippen LogP contribution in [0, 0.1) is 6.92 Å². The average molecular weight is 455 g/mol. The highest BCUT2D eigenvalue weighted by Gasteiger charge is 2.43. The molecule has 0 aromatic heterocycles. The van der Waals surface area contributed by atoms with Crippen LogP contribution in [0.15, 0.2) is 58.4 Å². The van der Waals surface area contributed by atoms with Gasteiger partial charge in [-0.1, -0.05) is 55.3 Å². The lowest BCUT2D eigenvalue weighted by atomic mass is 9.85. The zero-order valence-corrected chi connectivity index (χ0v) is 19.9. The van der Waals surface area contributed by atoms with Crippen molar-refractivity contribution in [2.75, 3.05) is 26.2 Å². The van der Waals surface area contributed by atoms with Crippen LogP contribution >= 0.6 is 0 Å². The molecule has 6 nitrogen and oxygen atoms in total. The molecule has 0 unspecified atom stereocenters. The predicted molar refractivity (Wildman–Crippen MR) is 129 cm³/mol. The fraction of sp³-hybridized carbons (Fsp3) is 0.480. The van der Waals surface area contributed by atoms with Gasteiger partial charge in [-0.25, -0.2) is 8.42 Å². The normalized spacial score (nSPS) is 19.0. The number of aryl methyl sites for hydroxylation is 2. The zero-order valence-electron chi connectivity index (χ0n) is 19.1. The summed E-state index contributed by atoms with van der Waals surface area (Å²) in [6.45, 7) is 7.46. The minimum Gasteiger partial charge on any atom is -0.368 e. The lowest BCUT2D eigenvalue weighted by molar-refractivity contribution is 0.241. The Bertz CT molecular complexity index is 1040. The van der Waals surface area contributed by atoms with E-state index in [-0.39, 0.29) is 5.54 Å². The first-order valence-electron chi connectivity index (χ1n) is 11.6. The van der Waals surface area contributed by atoms with Gasteiger partial charge in [0.05, 0.1) is 17.0 Å². The molecule has 1 fully saturated rings. The number of amidine groups is 1. The Balaban J connectivity index is 1.42. The molecule has 0 saturated carbocycles. The number of hydrogen-bond donors (Lipinski definition) is 2. The summed E-state index contributed by atoms with van der Waals surface area (Å²) in [7, 11) is -3.48. The largest absolute Gasteiger partial charge is 0.368 e. The molecule has 0 aliphatic carbocycles. The van der Waals surface area contributed by atoms with Crippen molar-refractivity contribution in [3.63, 3.8) is 0 Å². The smallest absolute Gasteiger partial charge is 0.243 e. The lowest BCUT2D eigenvalue weighted by Crippen LogP contribution is -2.64. The molecule has 0 atom stereocenters. The quantitative estimate of drug-likeness (QED) is 0.703. The van der Waals surface area contributed by atoms with Crippen LogP contribution in [-0.2, 0) is 23.0 Å². The molecular formula is C25H34N4O2S. The number of piperidine rings is 1. The summed E-state index contributed by atoms with van der Waals surface area (Å²) < 4.78 is 28.0. The molecule has 1 spiro atoms. The van der Waals surface area contributed by atoms with E-state index in [9.17, 15) is 8.42 Å². The van der Waals surface area contributed by atoms with Crippen molar-refractivity contribution >= 4 is 15.9 Å². The summed E-state index contributed by atoms with van der Waals surface area (Å²) in [6.07, 6.45) is 3.44. The molecule has 2 aromatic rings. The van der Waals surface area contributed by atoms with Crippen molar-refractivity contribution < 1.29 is 8.42 Å². The summed E-state index contributed by atoms with van der Waals surface area (Å²) in [5, 5.41) is 7.19. The van der Waals surface area contributed by atoms with E-state index in [0.717, 1.165) is 31.8 Å². The first-order valence-corrected chi connectivity index (χ1v) is 13.1. The number of benzene rings is 2. The van der Waals surface area contributed by atoms with Crippen molar-refractivity contribution in [1.29, 1.82) is 0 Å². The Morgan fingerprint density at radius 3 is 2.34 bits per heavy atom. The third-order valence-electron chi connectivity index (χ3n) is 6.55. The standard InChI is InChI=1S/C25H34N4O2S/c1-3-4-21-9-11-23(12-10-21)32(30,31)29-17-13-25(14-18-29)24(26-15-16-28-25)27-19-22-7-5-20(2)6-8-22/h5-12,28H,3-4,13-19H2,1-2H3,(H,26,27). The SMILES string of the molecule is CCCc1ccc(S(=O)(=O)N2CCC3(CC2)NCCN=C3NCc2ccc(C)cc2)cc1. The van der Waals surface area contributed by atoms with Gasteiger partial charge in [0.15, 0.2) is 0 Å². The highest BCUT2D eigenvalue weighted by molar-refractivity contribution is 7.89. The van der Waals surface area contributed by atoms with Crippen molar-refractivity contribution in [3.05, 3.63) is 65.2 Å². The van der Waals surface area contributed by atoms with E-state index >= 15 is 0 Å². The molecule has 1 saturated heterocycles. The Kier molecular flexibility index (Phi) is 6.98. The van der Waals surface area contributed by atoms with Crippen molar-refractivity contribution in [2.24, 2.45) is 4.99 Å². The van der Waals surface area contributed by atoms with E-state index in [2.05, 4.69) is 48.7 Å². The Morgan fingerprint density at radius 2 is 1.69 bits per heavy atom. The maximum Gasteiger partial charge on any atom is 0.243 e. The molecule has 2 heterocycles. The van der Waals surface area contributed by atoms with Gasteiger partial charge < -0.3 is 10.6 Å². The predicted octanol–water partition coefficient (Wildman–Crippen LogP) is 3.26. The van der Waals surface area contributed by atoms with Gasteiger partial charge in [-0.05, 0) is 49.4 Å². The second kappa shape index (κ2) is 9.73. The Morgan fingerprint density at radius 1 is 1.03 bits per heavy atom. The minimum atomic E-state index is -3.48. The third kappa shape index (κ3) is 4.90. The van der Waals surface area contributed by atoms with Crippen LogP contribution in [0.25, 0.3) is 0 Å². The topological polar surface area (TPSA) is 73.8 Å². The van der Waals surface area contributed by atoms with Crippen LogP contribution in [-0.4, -0.2) is 50.3 Å². The van der Waals surface area contributed by atoms with Gasteiger partial charge in [-0.3, -0.25) is 4.99 Å². The molecule has 32 heavy (non-hydrogen) atoms. The van der Waals surface area contributed by atoms with Crippen molar-refractivity contribution in [2.45, 2.75) is 56.5 Å². The van der Waals surface area contributed by atoms with Crippen LogP contribution in [0.5, 0.6) is 0 Å². The maximum absolute atomic E-state index is 13.2. The van der Waals surface area contributed by atoms with Gasteiger partial charge in [0.1, 0.15) is 5.84 Å². The van der Waals surface area contributed by atoms with E-state index in [0.29, 0.717) is 37.4 Å². The summed E-state index contributed by atoms with van der Waals surface area (Å²) in [5.41, 5.74) is 3.36. The van der Waals surface area contributed by atoms with Crippen molar-refractivity contribution in [3.8, 4) is 0 Å². The van der Waals surface area contributed by atoms with Crippen LogP contribution in [0.2, 0.25) is 0 Å². The summed E-state index contributed by atoms with van der Waals surface area (Å²) in [6, 6.07) is 15.9. The Labute approximate surface area is 192 Å². The molecule has 0 amide bonds. The summed E-state index contributed by atoms with van der Waals surface area (Å²) >= 11 is 0. The highest BCUT2D eigenvalue weighted by atomic mass is 32.2. The van der Waals surface area contributed by atoms with Gasteiger partial charge >= 0.3 is 0 Å². The van der Waals surface area contributed by atoms with Gasteiger partial charge in [0.2, 0.25) is 10.0 Å². The van der Waals surface area contributed by atoms with E-state index in [1.54, 1.807) is 16.4 Å². The van der Waals surface area contributed by atoms with E-state index in [1.165, 1.54) is 16.7 Å². The fourth-order valence-electron chi connectivity index (χ4n) is 4.60. The van der Waals surface area contributed by atoms with Crippen LogP contribution in [0.1, 0.15) is 42.9 Å². The molecule has 2 aliphatic heterocycles. The molecule has 4 rings (SSSR count). The van der Waals surface area contributed by atoms with E-state index < -0.39 is 10.0 Å². The second-order valence-electron chi connectivity index (χ2n) is 8.88. The third-order valence-corrected chi connectivity index (χ3v) is 8.47. The van der Waals surface area contributed by atoms with Gasteiger partial charge in [-0.2, -0.15) is 4.31 Å². The summed E-state index contributed by atoms with van der Waals surface area (Å²) in [4.78, 5) is 5.17. The van der Waals surface area contributed by atoms with E-state index in [4.69, 9.17) is 4.99 Å². The molecule has 0 radical (unpaired) electrons. The number of nitrogens with zero attached hydrogens (tertiary/aromatic N) is 2. The number of rotatable bonds is 6. The second-order valence-corrected chi connectivity index (χ2v) is 10.8. The average Bonchev–Trinajstić information content (AvgIpc) is 2.81. The van der Waals surface area contributed by atoms with Gasteiger partial charge in [0.25, 0.3) is 0 Å². The molecule has 2 N–H and O–H groups in total. The minimum absolute atomic E-state index is 0.278. The fourth-order valence-corrected chi connectivity index (χ4v) is 6.04. The monoisotopic (exact) mass is 454 g/mol. The number of aliphatic imine (C=N–C) groups is 1. The van der Waals surface area contributed by atoms with Gasteiger partial charge in [-0.15, -0.1) is 0 Å². The van der Waals surface area contributed by atoms with Crippen LogP contribution < -0.4 is 10.6 Å². The van der Waals surface area contributed by atoms with Crippen molar-refractivity contribution in [1.82, 2.24) is 14.9 Å². The number of sulfonamides is 1. The Hall–Kier alpha value is -2.22. The van der Waals surface area contributed by atoms with Gasteiger partial charge in [0, 0.05) is 26.2 Å². The first-order chi connectivity index (χ1) is 15.4. The molecule has 2 aromatic carbocycles. The molecule has 0 bridgehead atoms. The highest BCUT2D eigenvalue weighted by Crippen LogP contribution is 2.29. The molecule has 172 valence electrons. The lowest BCUT2D eigenvalue weighted by Gasteiger charge is -2.44.